The molecule has 0 unspecified atom stereocenters. The van der Waals surface area contributed by atoms with Gasteiger partial charge < -0.3 is 15.2 Å². The highest BCUT2D eigenvalue weighted by molar-refractivity contribution is 5.15. The molecule has 1 rings (SSSR count). The number of aliphatic hydroxyl groups excluding tert-OH is 1. The Hall–Kier alpha value is -1.13. The number of aliphatic hydroxyl groups is 1. The molecule has 0 saturated carbocycles. The summed E-state index contributed by atoms with van der Waals surface area (Å²) in [6, 6.07) is 5.62. The summed E-state index contributed by atoms with van der Waals surface area (Å²) in [7, 11) is 1.59. The Labute approximate surface area is 90.3 Å². The zero-order chi connectivity index (χ0) is 11.3. The van der Waals surface area contributed by atoms with E-state index in [2.05, 4.69) is 10.3 Å². The van der Waals surface area contributed by atoms with Gasteiger partial charge in [-0.05, 0) is 19.9 Å². The van der Waals surface area contributed by atoms with E-state index in [1.54, 1.807) is 13.2 Å². The van der Waals surface area contributed by atoms with Gasteiger partial charge in [0.05, 0.1) is 19.4 Å². The van der Waals surface area contributed by atoms with E-state index >= 15 is 0 Å². The minimum absolute atomic E-state index is 0.0942. The Balaban J connectivity index is 2.57. The third-order valence-electron chi connectivity index (χ3n) is 2.13. The van der Waals surface area contributed by atoms with Crippen LogP contribution in [-0.2, 0) is 6.54 Å². The molecule has 0 saturated heterocycles. The maximum atomic E-state index is 9.07. The second kappa shape index (κ2) is 5.09. The van der Waals surface area contributed by atoms with Gasteiger partial charge in [-0.3, -0.25) is 0 Å². The zero-order valence-electron chi connectivity index (χ0n) is 9.45. The Bertz CT molecular complexity index is 313. The number of aromatic nitrogens is 1. The zero-order valence-corrected chi connectivity index (χ0v) is 9.45. The molecular weight excluding hydrogens is 192 g/mol. The van der Waals surface area contributed by atoms with Crippen LogP contribution in [0.15, 0.2) is 18.2 Å². The highest BCUT2D eigenvalue weighted by Gasteiger charge is 2.15. The monoisotopic (exact) mass is 210 g/mol. The molecule has 1 aromatic rings. The molecule has 0 aliphatic carbocycles. The number of ether oxygens (including phenoxy) is 1. The molecule has 0 bridgehead atoms. The first kappa shape index (κ1) is 11.9. The number of nitrogens with zero attached hydrogens (tertiary/aromatic N) is 1. The first-order chi connectivity index (χ1) is 7.07. The molecule has 4 heteroatoms. The second-order valence-electron chi connectivity index (χ2n) is 4.07. The van der Waals surface area contributed by atoms with E-state index in [0.29, 0.717) is 12.4 Å². The maximum absolute atomic E-state index is 9.07. The normalized spacial score (nSPS) is 11.5. The van der Waals surface area contributed by atoms with Crippen LogP contribution in [0.5, 0.6) is 5.88 Å². The van der Waals surface area contributed by atoms with Gasteiger partial charge in [-0.15, -0.1) is 0 Å². The molecule has 0 spiro atoms. The first-order valence-corrected chi connectivity index (χ1v) is 4.93. The van der Waals surface area contributed by atoms with Crippen molar-refractivity contribution >= 4 is 0 Å². The summed E-state index contributed by atoms with van der Waals surface area (Å²) < 4.78 is 5.02. The molecule has 15 heavy (non-hydrogen) atoms. The number of methoxy groups -OCH3 is 1. The summed E-state index contributed by atoms with van der Waals surface area (Å²) in [4.78, 5) is 4.26. The fourth-order valence-corrected chi connectivity index (χ4v) is 1.06. The summed E-state index contributed by atoms with van der Waals surface area (Å²) in [5, 5.41) is 12.3. The molecule has 0 fully saturated rings. The fraction of sp³-hybridized carbons (Fsp3) is 0.545. The predicted molar refractivity (Wildman–Crippen MR) is 58.8 cm³/mol. The van der Waals surface area contributed by atoms with Gasteiger partial charge in [0.25, 0.3) is 0 Å². The average molecular weight is 210 g/mol. The maximum Gasteiger partial charge on any atom is 0.213 e. The van der Waals surface area contributed by atoms with Crippen molar-refractivity contribution in [3.63, 3.8) is 0 Å². The van der Waals surface area contributed by atoms with E-state index < -0.39 is 0 Å². The van der Waals surface area contributed by atoms with E-state index in [0.717, 1.165) is 5.69 Å². The molecule has 4 nitrogen and oxygen atoms in total. The van der Waals surface area contributed by atoms with Crippen molar-refractivity contribution in [1.82, 2.24) is 10.3 Å². The number of pyridine rings is 1. The van der Waals surface area contributed by atoms with Gasteiger partial charge in [-0.2, -0.15) is 0 Å². The standard InChI is InChI=1S/C11H18N2O2/c1-11(2,8-14)12-7-9-5-4-6-10(13-9)15-3/h4-6,12,14H,7-8H2,1-3H3. The molecule has 1 heterocycles. The van der Waals surface area contributed by atoms with Crippen LogP contribution in [0.2, 0.25) is 0 Å². The van der Waals surface area contributed by atoms with Gasteiger partial charge in [0.1, 0.15) is 0 Å². The van der Waals surface area contributed by atoms with Crippen molar-refractivity contribution in [2.24, 2.45) is 0 Å². The Morgan fingerprint density at radius 2 is 2.20 bits per heavy atom. The number of nitrogens with one attached hydrogen (secondary N) is 1. The Kier molecular flexibility index (Phi) is 4.05. The Morgan fingerprint density at radius 3 is 2.80 bits per heavy atom. The second-order valence-corrected chi connectivity index (χ2v) is 4.07. The lowest BCUT2D eigenvalue weighted by Crippen LogP contribution is -2.42. The third kappa shape index (κ3) is 3.85. The van der Waals surface area contributed by atoms with Gasteiger partial charge in [-0.1, -0.05) is 6.07 Å². The van der Waals surface area contributed by atoms with Crippen molar-refractivity contribution in [2.75, 3.05) is 13.7 Å². The van der Waals surface area contributed by atoms with Crippen LogP contribution in [0.3, 0.4) is 0 Å². The highest BCUT2D eigenvalue weighted by atomic mass is 16.5. The van der Waals surface area contributed by atoms with E-state index in [1.165, 1.54) is 0 Å². The molecule has 0 radical (unpaired) electrons. The molecule has 0 atom stereocenters. The smallest absolute Gasteiger partial charge is 0.213 e. The van der Waals surface area contributed by atoms with Crippen molar-refractivity contribution in [2.45, 2.75) is 25.9 Å². The van der Waals surface area contributed by atoms with Crippen LogP contribution in [0, 0.1) is 0 Å². The summed E-state index contributed by atoms with van der Waals surface area (Å²) in [6.07, 6.45) is 0. The largest absolute Gasteiger partial charge is 0.481 e. The van der Waals surface area contributed by atoms with Crippen molar-refractivity contribution in [1.29, 1.82) is 0 Å². The third-order valence-corrected chi connectivity index (χ3v) is 2.13. The average Bonchev–Trinajstić information content (AvgIpc) is 2.27. The van der Waals surface area contributed by atoms with Crippen molar-refractivity contribution < 1.29 is 9.84 Å². The van der Waals surface area contributed by atoms with Crippen molar-refractivity contribution in [3.05, 3.63) is 23.9 Å². The fourth-order valence-electron chi connectivity index (χ4n) is 1.06. The van der Waals surface area contributed by atoms with Gasteiger partial charge >= 0.3 is 0 Å². The predicted octanol–water partition coefficient (Wildman–Crippen LogP) is 0.951. The van der Waals surface area contributed by atoms with Crippen molar-refractivity contribution in [3.8, 4) is 5.88 Å². The first-order valence-electron chi connectivity index (χ1n) is 4.93. The summed E-state index contributed by atoms with van der Waals surface area (Å²) in [5.74, 6) is 0.608. The minimum Gasteiger partial charge on any atom is -0.481 e. The van der Waals surface area contributed by atoms with Crippen LogP contribution in [-0.4, -0.2) is 29.3 Å². The van der Waals surface area contributed by atoms with E-state index in [-0.39, 0.29) is 12.1 Å². The number of hydrogen-bond acceptors (Lipinski definition) is 4. The minimum atomic E-state index is -0.287. The quantitative estimate of drug-likeness (QED) is 0.759. The molecule has 84 valence electrons. The lowest BCUT2D eigenvalue weighted by atomic mass is 10.1. The summed E-state index contributed by atoms with van der Waals surface area (Å²) in [6.45, 7) is 4.59. The lowest BCUT2D eigenvalue weighted by molar-refractivity contribution is 0.187. The van der Waals surface area contributed by atoms with Crippen LogP contribution in [0.4, 0.5) is 0 Å². The van der Waals surface area contributed by atoms with Crippen LogP contribution >= 0.6 is 0 Å². The molecule has 0 amide bonds. The Morgan fingerprint density at radius 1 is 1.47 bits per heavy atom. The van der Waals surface area contributed by atoms with E-state index in [4.69, 9.17) is 9.84 Å². The molecule has 1 aromatic heterocycles. The van der Waals surface area contributed by atoms with Gasteiger partial charge in [0, 0.05) is 18.2 Å². The van der Waals surface area contributed by atoms with Gasteiger partial charge in [-0.25, -0.2) is 4.98 Å². The molecule has 0 aliphatic rings. The van der Waals surface area contributed by atoms with E-state index in [1.807, 2.05) is 26.0 Å². The van der Waals surface area contributed by atoms with Crippen LogP contribution in [0.1, 0.15) is 19.5 Å². The lowest BCUT2D eigenvalue weighted by Gasteiger charge is -2.23. The van der Waals surface area contributed by atoms with Crippen LogP contribution < -0.4 is 10.1 Å². The topological polar surface area (TPSA) is 54.4 Å². The summed E-state index contributed by atoms with van der Waals surface area (Å²) >= 11 is 0. The SMILES string of the molecule is COc1cccc(CNC(C)(C)CO)n1. The molecule has 0 aliphatic heterocycles. The summed E-state index contributed by atoms with van der Waals surface area (Å²) in [5.41, 5.74) is 0.612. The van der Waals surface area contributed by atoms with Gasteiger partial charge in [0.15, 0.2) is 0 Å². The van der Waals surface area contributed by atoms with Crippen LogP contribution in [0.25, 0.3) is 0 Å². The molecule has 0 aromatic carbocycles. The van der Waals surface area contributed by atoms with E-state index in [9.17, 15) is 0 Å². The van der Waals surface area contributed by atoms with Gasteiger partial charge in [0.2, 0.25) is 5.88 Å². The molecular formula is C11H18N2O2. The number of rotatable bonds is 5. The number of hydrogen-bond donors (Lipinski definition) is 2. The molecule has 2 N–H and O–H groups in total. The highest BCUT2D eigenvalue weighted by Crippen LogP contribution is 2.08.